The average Bonchev–Trinajstić information content (AvgIpc) is 2.93. The Morgan fingerprint density at radius 3 is 2.77 bits per heavy atom. The van der Waals surface area contributed by atoms with Crippen LogP contribution in [0.4, 0.5) is 0 Å². The van der Waals surface area contributed by atoms with E-state index >= 15 is 0 Å². The molecule has 0 heteroatoms. The Balaban J connectivity index is 1.73. The highest BCUT2D eigenvalue weighted by Gasteiger charge is 2.45. The zero-order valence-electron chi connectivity index (χ0n) is 13.8. The van der Waals surface area contributed by atoms with Gasteiger partial charge in [0.05, 0.1) is 0 Å². The van der Waals surface area contributed by atoms with Gasteiger partial charge in [0.25, 0.3) is 0 Å². The highest BCUT2D eigenvalue weighted by Crippen LogP contribution is 2.56. The summed E-state index contributed by atoms with van der Waals surface area (Å²) in [6.45, 7) is 5.01. The minimum Gasteiger partial charge on any atom is -0.0625 e. The molecule has 3 aliphatic carbocycles. The topological polar surface area (TPSA) is 0 Å². The van der Waals surface area contributed by atoms with Crippen molar-refractivity contribution in [2.75, 3.05) is 0 Å². The smallest absolute Gasteiger partial charge is 0.0122 e. The molecule has 0 heterocycles. The van der Waals surface area contributed by atoms with Crippen LogP contribution >= 0.6 is 0 Å². The fourth-order valence-electron chi connectivity index (χ4n) is 6.29. The molecule has 0 aromatic heterocycles. The predicted molar refractivity (Wildman–Crippen MR) is 93.3 cm³/mol. The third-order valence-electron chi connectivity index (χ3n) is 7.07. The first-order valence-corrected chi connectivity index (χ1v) is 9.25. The monoisotopic (exact) mass is 290 g/mol. The molecule has 5 atom stereocenters. The van der Waals surface area contributed by atoms with Crippen LogP contribution in [0.5, 0.6) is 0 Å². The molecule has 3 aliphatic rings. The number of fused-ring (bicyclic) bond motifs is 4. The Labute approximate surface area is 133 Å². The number of hydrogen-bond donors (Lipinski definition) is 0. The van der Waals surface area contributed by atoms with E-state index in [0.717, 1.165) is 29.6 Å². The lowest BCUT2D eigenvalue weighted by atomic mass is 9.58. The highest BCUT2D eigenvalue weighted by atomic mass is 14.5. The first kappa shape index (κ1) is 13.2. The van der Waals surface area contributed by atoms with Crippen LogP contribution in [-0.4, -0.2) is 0 Å². The number of benzene rings is 2. The van der Waals surface area contributed by atoms with Crippen LogP contribution < -0.4 is 0 Å². The van der Waals surface area contributed by atoms with Gasteiger partial charge in [-0.3, -0.25) is 0 Å². The zero-order chi connectivity index (χ0) is 14.8. The molecule has 2 aromatic rings. The van der Waals surface area contributed by atoms with Crippen LogP contribution in [0.15, 0.2) is 30.3 Å². The van der Waals surface area contributed by atoms with Gasteiger partial charge in [-0.15, -0.1) is 0 Å². The first-order valence-electron chi connectivity index (χ1n) is 9.25. The lowest BCUT2D eigenvalue weighted by Gasteiger charge is -2.47. The van der Waals surface area contributed by atoms with Gasteiger partial charge in [-0.1, -0.05) is 44.2 Å². The van der Waals surface area contributed by atoms with E-state index in [0.29, 0.717) is 0 Å². The van der Waals surface area contributed by atoms with Crippen molar-refractivity contribution in [3.8, 4) is 0 Å². The Bertz CT molecular complexity index is 741. The van der Waals surface area contributed by atoms with Gasteiger partial charge in [0.1, 0.15) is 0 Å². The van der Waals surface area contributed by atoms with Gasteiger partial charge in [-0.05, 0) is 89.2 Å². The Hall–Kier alpha value is -1.30. The molecule has 0 aliphatic heterocycles. The Morgan fingerprint density at radius 2 is 1.86 bits per heavy atom. The molecule has 0 bridgehead atoms. The van der Waals surface area contributed by atoms with Crippen LogP contribution in [0.2, 0.25) is 0 Å². The van der Waals surface area contributed by atoms with E-state index in [-0.39, 0.29) is 0 Å². The minimum atomic E-state index is 0.874. The van der Waals surface area contributed by atoms with E-state index in [1.54, 1.807) is 22.1 Å². The van der Waals surface area contributed by atoms with E-state index < -0.39 is 0 Å². The standard InChI is InChI=1S/C22H26/c1-13-9-14(2)19-12-21-17-6-4-3-5-15(17)11-16-7-8-18(22(16)21)20(19)10-13/h3-6,11,13-14,18-20H,7-10,12H2,1-2H3. The maximum absolute atomic E-state index is 2.53. The van der Waals surface area contributed by atoms with Gasteiger partial charge >= 0.3 is 0 Å². The van der Waals surface area contributed by atoms with E-state index in [1.807, 2.05) is 0 Å². The molecule has 0 amide bonds. The second-order valence-electron chi connectivity index (χ2n) is 8.38. The molecular formula is C22H26. The summed E-state index contributed by atoms with van der Waals surface area (Å²) in [6.07, 6.45) is 7.01. The lowest BCUT2D eigenvalue weighted by molar-refractivity contribution is 0.0922. The second-order valence-corrected chi connectivity index (χ2v) is 8.38. The van der Waals surface area contributed by atoms with Crippen LogP contribution in [-0.2, 0) is 12.8 Å². The molecule has 0 saturated heterocycles. The molecule has 5 rings (SSSR count). The number of hydrogen-bond acceptors (Lipinski definition) is 0. The predicted octanol–water partition coefficient (Wildman–Crippen LogP) is 5.72. The van der Waals surface area contributed by atoms with Crippen molar-refractivity contribution in [2.45, 2.75) is 51.9 Å². The summed E-state index contributed by atoms with van der Waals surface area (Å²) >= 11 is 0. The largest absolute Gasteiger partial charge is 0.0625 e. The third kappa shape index (κ3) is 1.70. The summed E-state index contributed by atoms with van der Waals surface area (Å²) in [7, 11) is 0. The van der Waals surface area contributed by atoms with Crippen molar-refractivity contribution in [3.63, 3.8) is 0 Å². The first-order chi connectivity index (χ1) is 10.7. The van der Waals surface area contributed by atoms with Gasteiger partial charge in [0.15, 0.2) is 0 Å². The molecule has 2 aromatic carbocycles. The maximum Gasteiger partial charge on any atom is -0.0122 e. The van der Waals surface area contributed by atoms with E-state index in [9.17, 15) is 0 Å². The van der Waals surface area contributed by atoms with Gasteiger partial charge < -0.3 is 0 Å². The quantitative estimate of drug-likeness (QED) is 0.581. The molecule has 1 saturated carbocycles. The molecule has 114 valence electrons. The summed E-state index contributed by atoms with van der Waals surface area (Å²) in [5.41, 5.74) is 5.21. The fourth-order valence-corrected chi connectivity index (χ4v) is 6.29. The Morgan fingerprint density at radius 1 is 1.00 bits per heavy atom. The van der Waals surface area contributed by atoms with Crippen LogP contribution in [0.3, 0.4) is 0 Å². The van der Waals surface area contributed by atoms with Crippen LogP contribution in [0.1, 0.15) is 55.7 Å². The normalized spacial score (nSPS) is 36.2. The molecule has 0 nitrogen and oxygen atoms in total. The van der Waals surface area contributed by atoms with Crippen molar-refractivity contribution in [2.24, 2.45) is 23.7 Å². The van der Waals surface area contributed by atoms with Crippen LogP contribution in [0, 0.1) is 23.7 Å². The molecule has 0 N–H and O–H groups in total. The molecule has 0 spiro atoms. The summed E-state index contributed by atoms with van der Waals surface area (Å²) in [5, 5.41) is 3.03. The minimum absolute atomic E-state index is 0.874. The fraction of sp³-hybridized carbons (Fsp3) is 0.545. The summed E-state index contributed by atoms with van der Waals surface area (Å²) in [6, 6.07) is 11.6. The van der Waals surface area contributed by atoms with E-state index in [2.05, 4.69) is 44.2 Å². The second kappa shape index (κ2) is 4.60. The van der Waals surface area contributed by atoms with Crippen molar-refractivity contribution in [1.82, 2.24) is 0 Å². The maximum atomic E-state index is 2.53. The molecule has 22 heavy (non-hydrogen) atoms. The van der Waals surface area contributed by atoms with Crippen molar-refractivity contribution in [1.29, 1.82) is 0 Å². The van der Waals surface area contributed by atoms with Crippen molar-refractivity contribution in [3.05, 3.63) is 47.0 Å². The molecular weight excluding hydrogens is 264 g/mol. The van der Waals surface area contributed by atoms with Gasteiger partial charge in [0, 0.05) is 0 Å². The number of aryl methyl sites for hydroxylation is 1. The summed E-state index contributed by atoms with van der Waals surface area (Å²) in [5.74, 6) is 4.62. The summed E-state index contributed by atoms with van der Waals surface area (Å²) < 4.78 is 0. The summed E-state index contributed by atoms with van der Waals surface area (Å²) in [4.78, 5) is 0. The Kier molecular flexibility index (Phi) is 2.75. The van der Waals surface area contributed by atoms with E-state index in [1.165, 1.54) is 37.5 Å². The van der Waals surface area contributed by atoms with Gasteiger partial charge in [-0.2, -0.15) is 0 Å². The molecule has 1 fully saturated rings. The third-order valence-corrected chi connectivity index (χ3v) is 7.07. The van der Waals surface area contributed by atoms with Crippen molar-refractivity contribution >= 4 is 10.8 Å². The average molecular weight is 290 g/mol. The SMILES string of the molecule is CC1CC(C)C2Cc3c4c(cc5ccccc35)CCC4C2C1. The lowest BCUT2D eigenvalue weighted by Crippen LogP contribution is -2.38. The zero-order valence-corrected chi connectivity index (χ0v) is 13.8. The highest BCUT2D eigenvalue weighted by molar-refractivity contribution is 5.88. The van der Waals surface area contributed by atoms with Crippen LogP contribution in [0.25, 0.3) is 10.8 Å². The molecule has 5 unspecified atom stereocenters. The van der Waals surface area contributed by atoms with Crippen molar-refractivity contribution < 1.29 is 0 Å². The molecule has 0 radical (unpaired) electrons. The number of rotatable bonds is 0. The van der Waals surface area contributed by atoms with Gasteiger partial charge in [0.2, 0.25) is 0 Å². The van der Waals surface area contributed by atoms with Gasteiger partial charge in [-0.25, -0.2) is 0 Å². The van der Waals surface area contributed by atoms with E-state index in [4.69, 9.17) is 0 Å².